The molecule has 6 nitrogen and oxygen atoms in total. The summed E-state index contributed by atoms with van der Waals surface area (Å²) in [6, 6.07) is 7.60. The van der Waals surface area contributed by atoms with Crippen LogP contribution in [0.2, 0.25) is 0 Å². The third-order valence-electron chi connectivity index (χ3n) is 3.06. The maximum absolute atomic E-state index is 9.41. The summed E-state index contributed by atoms with van der Waals surface area (Å²) >= 11 is 0. The maximum Gasteiger partial charge on any atom is 0.239 e. The molecule has 1 atom stereocenters. The van der Waals surface area contributed by atoms with Crippen LogP contribution >= 0.6 is 0 Å². The molecule has 5 N–H and O–H groups in total. The van der Waals surface area contributed by atoms with Gasteiger partial charge in [0.15, 0.2) is 0 Å². The van der Waals surface area contributed by atoms with E-state index in [1.807, 2.05) is 38.1 Å². The van der Waals surface area contributed by atoms with Crippen molar-refractivity contribution in [2.45, 2.75) is 19.9 Å². The Morgan fingerprint density at radius 3 is 2.63 bits per heavy atom. The minimum atomic E-state index is -0.0658. The van der Waals surface area contributed by atoms with Crippen LogP contribution in [0.15, 0.2) is 24.3 Å². The SMILES string of the molecule is CC(C)[C@@H](CO)Nc1nc(NN)nc2ccccc12. The number of aliphatic hydroxyl groups excluding tert-OH is 1. The molecule has 0 amide bonds. The Labute approximate surface area is 112 Å². The Balaban J connectivity index is 2.45. The summed E-state index contributed by atoms with van der Waals surface area (Å²) in [5, 5.41) is 13.6. The molecule has 1 heterocycles. The van der Waals surface area contributed by atoms with Gasteiger partial charge < -0.3 is 10.4 Å². The summed E-state index contributed by atoms with van der Waals surface area (Å²) in [6.07, 6.45) is 0. The van der Waals surface area contributed by atoms with Gasteiger partial charge in [0.2, 0.25) is 5.95 Å². The predicted molar refractivity (Wildman–Crippen MR) is 76.7 cm³/mol. The second-order valence-corrected chi connectivity index (χ2v) is 4.73. The number of aliphatic hydroxyl groups is 1. The lowest BCUT2D eigenvalue weighted by Crippen LogP contribution is -2.30. The fourth-order valence-corrected chi connectivity index (χ4v) is 1.85. The van der Waals surface area contributed by atoms with E-state index < -0.39 is 0 Å². The number of benzene rings is 1. The van der Waals surface area contributed by atoms with Gasteiger partial charge in [-0.25, -0.2) is 10.8 Å². The highest BCUT2D eigenvalue weighted by molar-refractivity contribution is 5.90. The molecule has 102 valence electrons. The van der Waals surface area contributed by atoms with Crippen molar-refractivity contribution in [1.82, 2.24) is 9.97 Å². The maximum atomic E-state index is 9.41. The molecular weight excluding hydrogens is 242 g/mol. The second-order valence-electron chi connectivity index (χ2n) is 4.73. The molecule has 0 fully saturated rings. The first-order valence-electron chi connectivity index (χ1n) is 6.26. The molecule has 19 heavy (non-hydrogen) atoms. The van der Waals surface area contributed by atoms with Crippen molar-refractivity contribution in [2.24, 2.45) is 11.8 Å². The smallest absolute Gasteiger partial charge is 0.239 e. The number of nitrogen functional groups attached to an aromatic ring is 1. The molecule has 0 spiro atoms. The summed E-state index contributed by atoms with van der Waals surface area (Å²) in [7, 11) is 0. The third-order valence-corrected chi connectivity index (χ3v) is 3.06. The lowest BCUT2D eigenvalue weighted by Gasteiger charge is -2.21. The zero-order valence-electron chi connectivity index (χ0n) is 11.1. The number of hydrazine groups is 1. The molecule has 1 aromatic carbocycles. The van der Waals surface area contributed by atoms with Gasteiger partial charge in [0.25, 0.3) is 0 Å². The predicted octanol–water partition coefficient (Wildman–Crippen LogP) is 1.34. The topological polar surface area (TPSA) is 96.1 Å². The standard InChI is InChI=1S/C13H19N5O/c1-8(2)11(7-19)15-12-9-5-3-4-6-10(9)16-13(17-12)18-14/h3-6,8,11,19H,7,14H2,1-2H3,(H2,15,16,17,18)/t11-/m1/s1. The van der Waals surface area contributed by atoms with E-state index in [0.717, 1.165) is 10.9 Å². The molecule has 0 saturated heterocycles. The van der Waals surface area contributed by atoms with Gasteiger partial charge in [-0.15, -0.1) is 0 Å². The van der Waals surface area contributed by atoms with Crippen LogP contribution in [0.5, 0.6) is 0 Å². The molecular formula is C13H19N5O. The van der Waals surface area contributed by atoms with E-state index in [1.165, 1.54) is 0 Å². The number of anilines is 2. The minimum Gasteiger partial charge on any atom is -0.394 e. The minimum absolute atomic E-state index is 0.0430. The zero-order chi connectivity index (χ0) is 13.8. The van der Waals surface area contributed by atoms with E-state index in [2.05, 4.69) is 20.7 Å². The van der Waals surface area contributed by atoms with E-state index in [1.54, 1.807) is 0 Å². The second kappa shape index (κ2) is 5.81. The van der Waals surface area contributed by atoms with Gasteiger partial charge >= 0.3 is 0 Å². The Kier molecular flexibility index (Phi) is 4.13. The molecule has 0 aliphatic carbocycles. The summed E-state index contributed by atoms with van der Waals surface area (Å²) in [6.45, 7) is 4.13. The molecule has 1 aromatic heterocycles. The number of aromatic nitrogens is 2. The van der Waals surface area contributed by atoms with Crippen LogP contribution in [-0.2, 0) is 0 Å². The highest BCUT2D eigenvalue weighted by Crippen LogP contribution is 2.23. The van der Waals surface area contributed by atoms with Crippen molar-refractivity contribution < 1.29 is 5.11 Å². The first kappa shape index (κ1) is 13.5. The van der Waals surface area contributed by atoms with Crippen molar-refractivity contribution in [1.29, 1.82) is 0 Å². The molecule has 0 radical (unpaired) electrons. The zero-order valence-corrected chi connectivity index (χ0v) is 11.1. The molecule has 2 rings (SSSR count). The highest BCUT2D eigenvalue weighted by atomic mass is 16.3. The number of hydrogen-bond acceptors (Lipinski definition) is 6. The summed E-state index contributed by atoms with van der Waals surface area (Å²) in [5.41, 5.74) is 3.25. The van der Waals surface area contributed by atoms with Crippen molar-refractivity contribution >= 4 is 22.7 Å². The molecule has 0 aliphatic rings. The Morgan fingerprint density at radius 2 is 2.00 bits per heavy atom. The molecule has 0 bridgehead atoms. The van der Waals surface area contributed by atoms with E-state index in [0.29, 0.717) is 11.8 Å². The average molecular weight is 261 g/mol. The Bertz CT molecular complexity index is 558. The van der Waals surface area contributed by atoms with Crippen molar-refractivity contribution in [3.8, 4) is 0 Å². The van der Waals surface area contributed by atoms with Crippen LogP contribution in [0.3, 0.4) is 0 Å². The number of para-hydroxylation sites is 1. The van der Waals surface area contributed by atoms with Crippen LogP contribution in [0.1, 0.15) is 13.8 Å². The van der Waals surface area contributed by atoms with Gasteiger partial charge in [-0.05, 0) is 18.1 Å². The van der Waals surface area contributed by atoms with Crippen molar-refractivity contribution in [3.05, 3.63) is 24.3 Å². The van der Waals surface area contributed by atoms with Gasteiger partial charge in [0.05, 0.1) is 18.2 Å². The number of fused-ring (bicyclic) bond motifs is 1. The summed E-state index contributed by atoms with van der Waals surface area (Å²) in [4.78, 5) is 8.60. The lowest BCUT2D eigenvalue weighted by atomic mass is 10.1. The van der Waals surface area contributed by atoms with Gasteiger partial charge in [-0.3, -0.25) is 5.43 Å². The van der Waals surface area contributed by atoms with Crippen LogP contribution < -0.4 is 16.6 Å². The Morgan fingerprint density at radius 1 is 1.26 bits per heavy atom. The fourth-order valence-electron chi connectivity index (χ4n) is 1.85. The number of rotatable bonds is 5. The number of nitrogens with one attached hydrogen (secondary N) is 2. The Hall–Kier alpha value is -1.92. The van der Waals surface area contributed by atoms with Crippen LogP contribution in [0, 0.1) is 5.92 Å². The number of nitrogens with zero attached hydrogens (tertiary/aromatic N) is 2. The van der Waals surface area contributed by atoms with Gasteiger partial charge in [-0.1, -0.05) is 26.0 Å². The van der Waals surface area contributed by atoms with E-state index in [9.17, 15) is 5.11 Å². The quantitative estimate of drug-likeness (QED) is 0.479. The largest absolute Gasteiger partial charge is 0.394 e. The number of hydrogen-bond donors (Lipinski definition) is 4. The van der Waals surface area contributed by atoms with E-state index >= 15 is 0 Å². The highest BCUT2D eigenvalue weighted by Gasteiger charge is 2.15. The molecule has 0 saturated carbocycles. The van der Waals surface area contributed by atoms with Crippen LogP contribution in [-0.4, -0.2) is 27.7 Å². The lowest BCUT2D eigenvalue weighted by molar-refractivity contribution is 0.249. The van der Waals surface area contributed by atoms with Crippen LogP contribution in [0.25, 0.3) is 10.9 Å². The van der Waals surface area contributed by atoms with Crippen molar-refractivity contribution in [2.75, 3.05) is 17.3 Å². The molecule has 6 heteroatoms. The third kappa shape index (κ3) is 2.91. The first-order chi connectivity index (χ1) is 9.15. The molecule has 0 aliphatic heterocycles. The van der Waals surface area contributed by atoms with Crippen molar-refractivity contribution in [3.63, 3.8) is 0 Å². The monoisotopic (exact) mass is 261 g/mol. The van der Waals surface area contributed by atoms with Gasteiger partial charge in [0.1, 0.15) is 5.82 Å². The van der Waals surface area contributed by atoms with E-state index in [4.69, 9.17) is 5.84 Å². The fraction of sp³-hybridized carbons (Fsp3) is 0.385. The summed E-state index contributed by atoms with van der Waals surface area (Å²) in [5.74, 6) is 6.69. The van der Waals surface area contributed by atoms with E-state index in [-0.39, 0.29) is 18.6 Å². The van der Waals surface area contributed by atoms with Gasteiger partial charge in [0, 0.05) is 5.39 Å². The van der Waals surface area contributed by atoms with Crippen LogP contribution in [0.4, 0.5) is 11.8 Å². The molecule has 0 unspecified atom stereocenters. The summed E-state index contributed by atoms with van der Waals surface area (Å²) < 4.78 is 0. The number of nitrogens with two attached hydrogens (primary N) is 1. The first-order valence-corrected chi connectivity index (χ1v) is 6.26. The normalized spacial score (nSPS) is 12.7. The van der Waals surface area contributed by atoms with Gasteiger partial charge in [-0.2, -0.15) is 4.98 Å². The molecule has 2 aromatic rings. The average Bonchev–Trinajstić information content (AvgIpc) is 2.43.